The molecule has 0 unspecified atom stereocenters. The molecule has 0 aromatic carbocycles. The van der Waals surface area contributed by atoms with Crippen LogP contribution in [0.2, 0.25) is 0 Å². The smallest absolute Gasteiger partial charge is 0.0436 e. The Morgan fingerprint density at radius 3 is 2.22 bits per heavy atom. The van der Waals surface area contributed by atoms with Gasteiger partial charge in [0.2, 0.25) is 0 Å². The van der Waals surface area contributed by atoms with E-state index in [2.05, 4.69) is 20.4 Å². The summed E-state index contributed by atoms with van der Waals surface area (Å²) in [7, 11) is 0. The first-order chi connectivity index (χ1) is 4.22. The van der Waals surface area contributed by atoms with Crippen LogP contribution < -0.4 is 0 Å². The first-order valence-electron chi connectivity index (χ1n) is 3.45. The van der Waals surface area contributed by atoms with Gasteiger partial charge < -0.3 is 5.11 Å². The summed E-state index contributed by atoms with van der Waals surface area (Å²) in [6, 6.07) is 0. The first kappa shape index (κ1) is 8.70. The van der Waals surface area contributed by atoms with Crippen LogP contribution in [0.4, 0.5) is 0 Å². The predicted octanol–water partition coefficient (Wildman–Crippen LogP) is 1.83. The highest BCUT2D eigenvalue weighted by Crippen LogP contribution is 2.14. The van der Waals surface area contributed by atoms with Gasteiger partial charge >= 0.3 is 0 Å². The van der Waals surface area contributed by atoms with E-state index in [0.717, 1.165) is 6.42 Å². The van der Waals surface area contributed by atoms with E-state index in [1.807, 2.05) is 6.08 Å². The minimum Gasteiger partial charge on any atom is -0.396 e. The summed E-state index contributed by atoms with van der Waals surface area (Å²) in [6.07, 6.45) is 2.77. The van der Waals surface area contributed by atoms with Crippen LogP contribution in [-0.2, 0) is 0 Å². The third kappa shape index (κ3) is 3.31. The fraction of sp³-hybridized carbons (Fsp3) is 0.750. The molecule has 0 fully saturated rings. The van der Waals surface area contributed by atoms with Crippen molar-refractivity contribution in [3.63, 3.8) is 0 Å². The topological polar surface area (TPSA) is 20.2 Å². The van der Waals surface area contributed by atoms with Crippen molar-refractivity contribution in [1.29, 1.82) is 0 Å². The van der Waals surface area contributed by atoms with Gasteiger partial charge in [-0.2, -0.15) is 0 Å². The van der Waals surface area contributed by atoms with E-state index in [1.54, 1.807) is 0 Å². The average molecular weight is 128 g/mol. The van der Waals surface area contributed by atoms with Gasteiger partial charge in [0, 0.05) is 6.61 Å². The molecule has 0 aliphatic carbocycles. The third-order valence-corrected chi connectivity index (χ3v) is 1.62. The van der Waals surface area contributed by atoms with Gasteiger partial charge in [0.1, 0.15) is 0 Å². The number of rotatable bonds is 4. The molecule has 0 amide bonds. The largest absolute Gasteiger partial charge is 0.396 e. The second-order valence-electron chi connectivity index (χ2n) is 2.66. The Kier molecular flexibility index (Phi) is 4.41. The summed E-state index contributed by atoms with van der Waals surface area (Å²) < 4.78 is 0. The molecule has 0 spiro atoms. The van der Waals surface area contributed by atoms with Crippen molar-refractivity contribution in [1.82, 2.24) is 0 Å². The van der Waals surface area contributed by atoms with Gasteiger partial charge in [0.05, 0.1) is 0 Å². The Morgan fingerprint density at radius 2 is 2.11 bits per heavy atom. The molecule has 0 rings (SSSR count). The Hall–Kier alpha value is -0.300. The van der Waals surface area contributed by atoms with Crippen molar-refractivity contribution in [3.05, 3.63) is 12.7 Å². The highest BCUT2D eigenvalue weighted by molar-refractivity contribution is 4.80. The van der Waals surface area contributed by atoms with Crippen molar-refractivity contribution < 1.29 is 5.11 Å². The molecule has 1 atom stereocenters. The van der Waals surface area contributed by atoms with Crippen molar-refractivity contribution in [3.8, 4) is 0 Å². The van der Waals surface area contributed by atoms with Crippen molar-refractivity contribution in [2.75, 3.05) is 6.61 Å². The highest BCUT2D eigenvalue weighted by Gasteiger charge is 2.06. The van der Waals surface area contributed by atoms with Gasteiger partial charge in [0.15, 0.2) is 0 Å². The lowest BCUT2D eigenvalue weighted by Crippen LogP contribution is -2.06. The van der Waals surface area contributed by atoms with E-state index >= 15 is 0 Å². The molecule has 0 radical (unpaired) electrons. The van der Waals surface area contributed by atoms with E-state index < -0.39 is 0 Å². The number of aliphatic hydroxyl groups excluding tert-OH is 1. The van der Waals surface area contributed by atoms with Crippen molar-refractivity contribution in [2.45, 2.75) is 20.3 Å². The molecule has 0 aliphatic rings. The van der Waals surface area contributed by atoms with Crippen LogP contribution in [-0.4, -0.2) is 11.7 Å². The maximum absolute atomic E-state index is 8.57. The zero-order valence-electron chi connectivity index (χ0n) is 6.30. The van der Waals surface area contributed by atoms with Crippen molar-refractivity contribution in [2.24, 2.45) is 11.8 Å². The molecular formula is C8H16O. The molecule has 0 heterocycles. The zero-order chi connectivity index (χ0) is 7.28. The van der Waals surface area contributed by atoms with Crippen LogP contribution in [0.5, 0.6) is 0 Å². The summed E-state index contributed by atoms with van der Waals surface area (Å²) >= 11 is 0. The average Bonchev–Trinajstić information content (AvgIpc) is 1.82. The molecular weight excluding hydrogens is 112 g/mol. The lowest BCUT2D eigenvalue weighted by molar-refractivity contribution is 0.253. The van der Waals surface area contributed by atoms with Crippen LogP contribution in [0.15, 0.2) is 12.7 Å². The van der Waals surface area contributed by atoms with Crippen LogP contribution >= 0.6 is 0 Å². The van der Waals surface area contributed by atoms with E-state index in [0.29, 0.717) is 11.8 Å². The first-order valence-corrected chi connectivity index (χ1v) is 3.45. The minimum absolute atomic E-state index is 0.273. The lowest BCUT2D eigenvalue weighted by Gasteiger charge is -2.13. The molecule has 0 saturated carbocycles. The molecule has 54 valence electrons. The molecule has 1 heteroatoms. The molecule has 1 nitrogen and oxygen atoms in total. The molecule has 1 N–H and O–H groups in total. The SMILES string of the molecule is C=C[C@@H](CCO)C(C)C. The number of hydrogen-bond donors (Lipinski definition) is 1. The molecule has 0 aromatic rings. The maximum atomic E-state index is 8.57. The van der Waals surface area contributed by atoms with Gasteiger partial charge in [-0.05, 0) is 18.3 Å². The number of aliphatic hydroxyl groups is 1. The fourth-order valence-electron chi connectivity index (χ4n) is 0.872. The Labute approximate surface area is 57.4 Å². The van der Waals surface area contributed by atoms with Crippen LogP contribution in [0.3, 0.4) is 0 Å². The van der Waals surface area contributed by atoms with E-state index in [-0.39, 0.29) is 6.61 Å². The number of allylic oxidation sites excluding steroid dienone is 1. The molecule has 9 heavy (non-hydrogen) atoms. The van der Waals surface area contributed by atoms with Crippen LogP contribution in [0.1, 0.15) is 20.3 Å². The molecule has 0 aromatic heterocycles. The third-order valence-electron chi connectivity index (χ3n) is 1.62. The zero-order valence-corrected chi connectivity index (χ0v) is 6.30. The fourth-order valence-corrected chi connectivity index (χ4v) is 0.872. The quantitative estimate of drug-likeness (QED) is 0.573. The molecule has 0 saturated heterocycles. The second kappa shape index (κ2) is 4.57. The van der Waals surface area contributed by atoms with Gasteiger partial charge in [-0.1, -0.05) is 19.9 Å². The summed E-state index contributed by atoms with van der Waals surface area (Å²) in [4.78, 5) is 0. The highest BCUT2D eigenvalue weighted by atomic mass is 16.3. The van der Waals surface area contributed by atoms with Crippen LogP contribution in [0, 0.1) is 11.8 Å². The van der Waals surface area contributed by atoms with E-state index in [4.69, 9.17) is 5.11 Å². The van der Waals surface area contributed by atoms with Gasteiger partial charge in [-0.15, -0.1) is 6.58 Å². The van der Waals surface area contributed by atoms with Gasteiger partial charge in [0.25, 0.3) is 0 Å². The summed E-state index contributed by atoms with van der Waals surface area (Å²) in [5.41, 5.74) is 0. The number of hydrogen-bond acceptors (Lipinski definition) is 1. The maximum Gasteiger partial charge on any atom is 0.0436 e. The minimum atomic E-state index is 0.273. The Morgan fingerprint density at radius 1 is 1.56 bits per heavy atom. The molecule has 0 bridgehead atoms. The van der Waals surface area contributed by atoms with Gasteiger partial charge in [-0.3, -0.25) is 0 Å². The van der Waals surface area contributed by atoms with Crippen molar-refractivity contribution >= 4 is 0 Å². The van der Waals surface area contributed by atoms with E-state index in [1.165, 1.54) is 0 Å². The van der Waals surface area contributed by atoms with E-state index in [9.17, 15) is 0 Å². The van der Waals surface area contributed by atoms with Gasteiger partial charge in [-0.25, -0.2) is 0 Å². The monoisotopic (exact) mass is 128 g/mol. The summed E-state index contributed by atoms with van der Waals surface area (Å²) in [5.74, 6) is 1.09. The standard InChI is InChI=1S/C8H16O/c1-4-8(5-6-9)7(2)3/h4,7-9H,1,5-6H2,2-3H3/t8-/m0/s1. The molecule has 0 aliphatic heterocycles. The second-order valence-corrected chi connectivity index (χ2v) is 2.66. The summed E-state index contributed by atoms with van der Waals surface area (Å²) in [5, 5.41) is 8.57. The van der Waals surface area contributed by atoms with Crippen LogP contribution in [0.25, 0.3) is 0 Å². The summed E-state index contributed by atoms with van der Waals surface area (Å²) in [6.45, 7) is 8.24. The predicted molar refractivity (Wildman–Crippen MR) is 40.2 cm³/mol. The Bertz CT molecular complexity index is 76.6. The normalized spacial score (nSPS) is 13.8. The lowest BCUT2D eigenvalue weighted by atomic mass is 9.93. The Balaban J connectivity index is 3.54.